The number of halogens is 1. The number of benzene rings is 3. The molecule has 0 fully saturated rings. The van der Waals surface area contributed by atoms with E-state index in [2.05, 4.69) is 0 Å². The Kier molecular flexibility index (Phi) is 5.86. The van der Waals surface area contributed by atoms with Crippen molar-refractivity contribution in [2.45, 2.75) is 12.6 Å². The van der Waals surface area contributed by atoms with Gasteiger partial charge in [-0.05, 0) is 41.5 Å². The van der Waals surface area contributed by atoms with E-state index in [4.69, 9.17) is 30.2 Å². The minimum Gasteiger partial charge on any atom is -0.493 e. The summed E-state index contributed by atoms with van der Waals surface area (Å²) in [6, 6.07) is 17.1. The summed E-state index contributed by atoms with van der Waals surface area (Å²) in [5, 5.41) is 0.711. The minimum atomic E-state index is -0.744. The van der Waals surface area contributed by atoms with Crippen LogP contribution in [0.25, 0.3) is 11.0 Å². The van der Waals surface area contributed by atoms with E-state index in [1.807, 2.05) is 30.3 Å². The second kappa shape index (κ2) is 9.00. The molecule has 1 aliphatic rings. The van der Waals surface area contributed by atoms with Gasteiger partial charge in [0, 0.05) is 11.6 Å². The monoisotopic (exact) mass is 491 g/mol. The second-order valence-corrected chi connectivity index (χ2v) is 8.53. The molecule has 0 saturated carbocycles. The molecule has 3 aromatic carbocycles. The highest BCUT2D eigenvalue weighted by atomic mass is 35.5. The van der Waals surface area contributed by atoms with Crippen molar-refractivity contribution in [1.82, 2.24) is 4.90 Å². The predicted octanol–water partition coefficient (Wildman–Crippen LogP) is 5.22. The fourth-order valence-electron chi connectivity index (χ4n) is 4.54. The lowest BCUT2D eigenvalue weighted by molar-refractivity contribution is 0.0714. The van der Waals surface area contributed by atoms with Crippen LogP contribution in [0, 0.1) is 0 Å². The van der Waals surface area contributed by atoms with E-state index >= 15 is 0 Å². The lowest BCUT2D eigenvalue weighted by atomic mass is 9.97. The maximum absolute atomic E-state index is 13.7. The molecule has 1 atom stereocenters. The molecule has 1 amide bonds. The summed E-state index contributed by atoms with van der Waals surface area (Å²) in [5.74, 6) is 0.873. The third-order valence-electron chi connectivity index (χ3n) is 6.13. The van der Waals surface area contributed by atoms with Crippen LogP contribution in [0.15, 0.2) is 69.9 Å². The van der Waals surface area contributed by atoms with Gasteiger partial charge >= 0.3 is 0 Å². The van der Waals surface area contributed by atoms with Gasteiger partial charge in [0.1, 0.15) is 5.58 Å². The second-order valence-electron chi connectivity index (χ2n) is 8.09. The normalized spacial score (nSPS) is 14.8. The first-order chi connectivity index (χ1) is 17.0. The standard InChI is InChI=1S/C27H22ClNO6/c1-32-20-11-16(12-21(33-2)25(20)34-3)23-22-24(30)18-13-17(28)9-10-19(18)35-26(22)27(31)29(23)14-15-7-5-4-6-8-15/h4-13,23H,14H2,1-3H3. The number of fused-ring (bicyclic) bond motifs is 2. The molecule has 8 heteroatoms. The molecule has 1 unspecified atom stereocenters. The first-order valence-electron chi connectivity index (χ1n) is 10.9. The van der Waals surface area contributed by atoms with E-state index in [0.29, 0.717) is 38.8 Å². The Morgan fingerprint density at radius 2 is 1.60 bits per heavy atom. The Hall–Kier alpha value is -3.97. The van der Waals surface area contributed by atoms with Crippen LogP contribution < -0.4 is 19.6 Å². The number of rotatable bonds is 6. The smallest absolute Gasteiger partial charge is 0.291 e. The first-order valence-corrected chi connectivity index (χ1v) is 11.3. The molecule has 0 radical (unpaired) electrons. The summed E-state index contributed by atoms with van der Waals surface area (Å²) in [7, 11) is 4.54. The lowest BCUT2D eigenvalue weighted by Gasteiger charge is -2.26. The molecular weight excluding hydrogens is 470 g/mol. The number of methoxy groups -OCH3 is 3. The van der Waals surface area contributed by atoms with E-state index in [0.717, 1.165) is 5.56 Å². The number of amides is 1. The Bertz CT molecular complexity index is 1470. The highest BCUT2D eigenvalue weighted by Gasteiger charge is 2.43. The van der Waals surface area contributed by atoms with Crippen molar-refractivity contribution in [2.24, 2.45) is 0 Å². The van der Waals surface area contributed by atoms with Crippen molar-refractivity contribution in [3.63, 3.8) is 0 Å². The zero-order valence-electron chi connectivity index (χ0n) is 19.3. The molecule has 0 aliphatic carbocycles. The summed E-state index contributed by atoms with van der Waals surface area (Å²) in [5.41, 5.74) is 1.76. The van der Waals surface area contributed by atoms with Crippen LogP contribution in [0.5, 0.6) is 17.2 Å². The topological polar surface area (TPSA) is 78.2 Å². The van der Waals surface area contributed by atoms with Crippen LogP contribution in [0.2, 0.25) is 5.02 Å². The molecule has 0 bridgehead atoms. The van der Waals surface area contributed by atoms with Crippen LogP contribution in [-0.4, -0.2) is 32.1 Å². The van der Waals surface area contributed by atoms with Gasteiger partial charge in [-0.25, -0.2) is 0 Å². The number of carbonyl (C=O) groups is 1. The van der Waals surface area contributed by atoms with Crippen molar-refractivity contribution in [3.8, 4) is 17.2 Å². The van der Waals surface area contributed by atoms with Crippen LogP contribution in [-0.2, 0) is 6.54 Å². The molecule has 1 aromatic heterocycles. The molecule has 1 aliphatic heterocycles. The Morgan fingerprint density at radius 1 is 0.914 bits per heavy atom. The molecule has 5 rings (SSSR count). The molecule has 2 heterocycles. The maximum atomic E-state index is 13.7. The minimum absolute atomic E-state index is 0.0134. The van der Waals surface area contributed by atoms with Crippen LogP contribution in [0.4, 0.5) is 0 Å². The third-order valence-corrected chi connectivity index (χ3v) is 6.36. The molecule has 35 heavy (non-hydrogen) atoms. The largest absolute Gasteiger partial charge is 0.493 e. The number of ether oxygens (including phenoxy) is 3. The van der Waals surface area contributed by atoms with E-state index in [1.54, 1.807) is 35.2 Å². The van der Waals surface area contributed by atoms with Gasteiger partial charge in [-0.2, -0.15) is 0 Å². The van der Waals surface area contributed by atoms with Crippen molar-refractivity contribution in [1.29, 1.82) is 0 Å². The summed E-state index contributed by atoms with van der Waals surface area (Å²) >= 11 is 6.17. The van der Waals surface area contributed by atoms with Gasteiger partial charge in [-0.15, -0.1) is 0 Å². The molecule has 7 nitrogen and oxygen atoms in total. The van der Waals surface area contributed by atoms with Crippen molar-refractivity contribution in [2.75, 3.05) is 21.3 Å². The molecule has 178 valence electrons. The summed E-state index contributed by atoms with van der Waals surface area (Å²) in [4.78, 5) is 29.0. The quantitative estimate of drug-likeness (QED) is 0.368. The number of nitrogens with zero attached hydrogens (tertiary/aromatic N) is 1. The lowest BCUT2D eigenvalue weighted by Crippen LogP contribution is -2.29. The van der Waals surface area contributed by atoms with Crippen molar-refractivity contribution in [3.05, 3.63) is 98.4 Å². The summed E-state index contributed by atoms with van der Waals surface area (Å²) < 4.78 is 22.5. The van der Waals surface area contributed by atoms with Gasteiger partial charge in [0.05, 0.1) is 38.3 Å². The van der Waals surface area contributed by atoms with E-state index < -0.39 is 6.04 Å². The number of carbonyl (C=O) groups excluding carboxylic acids is 1. The highest BCUT2D eigenvalue weighted by Crippen LogP contribution is 2.45. The first kappa shape index (κ1) is 22.8. The Balaban J connectivity index is 1.78. The van der Waals surface area contributed by atoms with Gasteiger partial charge in [0.25, 0.3) is 5.91 Å². The fraction of sp³-hybridized carbons (Fsp3) is 0.185. The van der Waals surface area contributed by atoms with Gasteiger partial charge in [0.15, 0.2) is 16.9 Å². The maximum Gasteiger partial charge on any atom is 0.291 e. The summed E-state index contributed by atoms with van der Waals surface area (Å²) in [6.45, 7) is 0.266. The molecular formula is C27H22ClNO6. The SMILES string of the molecule is COc1cc(C2c3c(oc4ccc(Cl)cc4c3=O)C(=O)N2Cc2ccccc2)cc(OC)c1OC. The average Bonchev–Trinajstić information content (AvgIpc) is 3.15. The van der Waals surface area contributed by atoms with Crippen LogP contribution >= 0.6 is 11.6 Å². The Labute approximate surface area is 206 Å². The van der Waals surface area contributed by atoms with Crippen LogP contribution in [0.1, 0.15) is 33.3 Å². The van der Waals surface area contributed by atoms with E-state index in [1.165, 1.54) is 21.3 Å². The van der Waals surface area contributed by atoms with Crippen molar-refractivity contribution < 1.29 is 23.4 Å². The Morgan fingerprint density at radius 3 is 2.23 bits per heavy atom. The van der Waals surface area contributed by atoms with E-state index in [-0.39, 0.29) is 29.2 Å². The average molecular weight is 492 g/mol. The van der Waals surface area contributed by atoms with Gasteiger partial charge in [0.2, 0.25) is 11.5 Å². The summed E-state index contributed by atoms with van der Waals surface area (Å²) in [6.07, 6.45) is 0. The third kappa shape index (κ3) is 3.78. The van der Waals surface area contributed by atoms with Crippen LogP contribution in [0.3, 0.4) is 0 Å². The fourth-order valence-corrected chi connectivity index (χ4v) is 4.71. The predicted molar refractivity (Wildman–Crippen MR) is 132 cm³/mol. The zero-order valence-corrected chi connectivity index (χ0v) is 20.1. The molecule has 0 N–H and O–H groups in total. The molecule has 0 spiro atoms. The van der Waals surface area contributed by atoms with Gasteiger partial charge in [-0.1, -0.05) is 41.9 Å². The van der Waals surface area contributed by atoms with Gasteiger partial charge < -0.3 is 23.5 Å². The number of hydrogen-bond donors (Lipinski definition) is 0. The van der Waals surface area contributed by atoms with Gasteiger partial charge in [-0.3, -0.25) is 9.59 Å². The zero-order chi connectivity index (χ0) is 24.7. The highest BCUT2D eigenvalue weighted by molar-refractivity contribution is 6.31. The van der Waals surface area contributed by atoms with E-state index in [9.17, 15) is 9.59 Å². The van der Waals surface area contributed by atoms with Crippen molar-refractivity contribution >= 4 is 28.5 Å². The number of hydrogen-bond acceptors (Lipinski definition) is 6. The molecule has 0 saturated heterocycles. The molecule has 4 aromatic rings.